The molecule has 1 aromatic carbocycles. The van der Waals surface area contributed by atoms with E-state index in [-0.39, 0.29) is 46.5 Å². The molecular formula is C13H17Cl2OTi-. The molecule has 2 rings (SSSR count). The molecule has 0 bridgehead atoms. The molecule has 0 radical (unpaired) electrons. The topological polar surface area (TPSA) is 20.2 Å². The second kappa shape index (κ2) is 12.3. The van der Waals surface area contributed by atoms with Gasteiger partial charge in [0.05, 0.1) is 0 Å². The fraction of sp³-hybridized carbons (Fsp3) is 0.231. The maximum Gasteiger partial charge on any atom is 0.116 e. The number of allylic oxidation sites excluding steroid dienone is 4. The van der Waals surface area contributed by atoms with Gasteiger partial charge in [-0.25, -0.2) is 12.2 Å². The van der Waals surface area contributed by atoms with Crippen molar-refractivity contribution in [3.05, 3.63) is 53.6 Å². The Balaban J connectivity index is -0.000000216. The molecule has 94 valence electrons. The number of hydrogen-bond acceptors (Lipinski definition) is 1. The van der Waals surface area contributed by atoms with Gasteiger partial charge in [0.15, 0.2) is 0 Å². The molecule has 4 heteroatoms. The molecule has 0 saturated carbocycles. The summed E-state index contributed by atoms with van der Waals surface area (Å²) in [7, 11) is 0. The van der Waals surface area contributed by atoms with Crippen molar-refractivity contribution in [3.8, 4) is 5.75 Å². The predicted octanol–water partition coefficient (Wildman–Crippen LogP) is 4.16. The number of phenolic OH excluding ortho intramolecular Hbond substituents is 1. The number of halogens is 2. The number of phenols is 1. The van der Waals surface area contributed by atoms with Gasteiger partial charge in [-0.1, -0.05) is 6.07 Å². The molecule has 0 atom stereocenters. The van der Waals surface area contributed by atoms with Crippen LogP contribution in [0.4, 0.5) is 0 Å². The van der Waals surface area contributed by atoms with Gasteiger partial charge in [0.25, 0.3) is 0 Å². The molecular weight excluding hydrogens is 291 g/mol. The smallest absolute Gasteiger partial charge is 0.116 e. The second-order valence-electron chi connectivity index (χ2n) is 3.35. The fourth-order valence-corrected chi connectivity index (χ4v) is 1.29. The molecule has 1 aromatic rings. The quantitative estimate of drug-likeness (QED) is 0.564. The van der Waals surface area contributed by atoms with Crippen molar-refractivity contribution in [2.75, 3.05) is 0 Å². The third-order valence-corrected chi connectivity index (χ3v) is 1.79. The Morgan fingerprint density at radius 3 is 1.82 bits per heavy atom. The van der Waals surface area contributed by atoms with Crippen molar-refractivity contribution >= 4 is 24.8 Å². The largest absolute Gasteiger partial charge is 0.508 e. The number of aryl methyl sites for hydroxylation is 2. The van der Waals surface area contributed by atoms with E-state index in [0.29, 0.717) is 5.75 Å². The first-order valence-corrected chi connectivity index (χ1v) is 4.67. The average Bonchev–Trinajstić information content (AvgIpc) is 2.56. The summed E-state index contributed by atoms with van der Waals surface area (Å²) < 4.78 is 0. The Morgan fingerprint density at radius 1 is 1.06 bits per heavy atom. The number of aromatic hydroxyl groups is 1. The minimum absolute atomic E-state index is 0. The van der Waals surface area contributed by atoms with Crippen molar-refractivity contribution < 1.29 is 26.8 Å². The van der Waals surface area contributed by atoms with Gasteiger partial charge in [-0.3, -0.25) is 6.08 Å². The van der Waals surface area contributed by atoms with E-state index in [1.807, 2.05) is 32.1 Å². The van der Waals surface area contributed by atoms with Crippen molar-refractivity contribution in [1.29, 1.82) is 0 Å². The van der Waals surface area contributed by atoms with Crippen LogP contribution >= 0.6 is 24.8 Å². The van der Waals surface area contributed by atoms with Gasteiger partial charge in [0.1, 0.15) is 5.75 Å². The molecule has 0 unspecified atom stereocenters. The fourth-order valence-electron chi connectivity index (χ4n) is 1.29. The van der Waals surface area contributed by atoms with E-state index in [1.54, 1.807) is 12.1 Å². The SMILES string of the molecule is Cc1cc(C)cc(O)c1.Cl.Cl.[C-]1=CC=CC1.[Ti]. The summed E-state index contributed by atoms with van der Waals surface area (Å²) >= 11 is 0. The van der Waals surface area contributed by atoms with Crippen LogP contribution in [-0.4, -0.2) is 5.11 Å². The van der Waals surface area contributed by atoms with Crippen LogP contribution in [0.2, 0.25) is 0 Å². The normalized spacial score (nSPS) is 10.2. The molecule has 1 aliphatic carbocycles. The maximum absolute atomic E-state index is 8.99. The van der Waals surface area contributed by atoms with Crippen LogP contribution in [0.5, 0.6) is 5.75 Å². The third kappa shape index (κ3) is 10.7. The van der Waals surface area contributed by atoms with Crippen LogP contribution in [0, 0.1) is 19.9 Å². The van der Waals surface area contributed by atoms with E-state index in [2.05, 4.69) is 12.2 Å². The van der Waals surface area contributed by atoms with E-state index in [4.69, 9.17) is 5.11 Å². The molecule has 1 nitrogen and oxygen atoms in total. The van der Waals surface area contributed by atoms with E-state index < -0.39 is 0 Å². The van der Waals surface area contributed by atoms with E-state index in [0.717, 1.165) is 17.5 Å². The Labute approximate surface area is 131 Å². The van der Waals surface area contributed by atoms with Gasteiger partial charge in [-0.15, -0.1) is 31.2 Å². The molecule has 0 heterocycles. The van der Waals surface area contributed by atoms with Gasteiger partial charge in [0.2, 0.25) is 0 Å². The summed E-state index contributed by atoms with van der Waals surface area (Å²) in [6.07, 6.45) is 10.0. The van der Waals surface area contributed by atoms with Crippen molar-refractivity contribution in [3.63, 3.8) is 0 Å². The summed E-state index contributed by atoms with van der Waals surface area (Å²) in [4.78, 5) is 0. The number of hydrogen-bond donors (Lipinski definition) is 1. The zero-order valence-corrected chi connectivity index (χ0v) is 13.1. The van der Waals surface area contributed by atoms with Gasteiger partial charge >= 0.3 is 0 Å². The van der Waals surface area contributed by atoms with E-state index in [1.165, 1.54) is 0 Å². The van der Waals surface area contributed by atoms with Crippen molar-refractivity contribution in [1.82, 2.24) is 0 Å². The molecule has 0 amide bonds. The van der Waals surface area contributed by atoms with Crippen LogP contribution in [0.25, 0.3) is 0 Å². The van der Waals surface area contributed by atoms with Crippen LogP contribution < -0.4 is 0 Å². The third-order valence-electron chi connectivity index (χ3n) is 1.79. The standard InChI is InChI=1S/C8H10O.C5H5.2ClH.Ti/c1-6-3-7(2)5-8(9)4-6;1-2-4-5-3-1;;;/h3-5,9H,1-2H3;1-3H,4H2;2*1H;/q;-1;;;. The van der Waals surface area contributed by atoms with Gasteiger partial charge in [-0.2, -0.15) is 6.08 Å². The molecule has 0 saturated heterocycles. The maximum atomic E-state index is 8.99. The van der Waals surface area contributed by atoms with Gasteiger partial charge in [0, 0.05) is 21.7 Å². The van der Waals surface area contributed by atoms with Crippen LogP contribution in [0.1, 0.15) is 17.5 Å². The molecule has 0 aromatic heterocycles. The second-order valence-corrected chi connectivity index (χ2v) is 3.35. The van der Waals surface area contributed by atoms with E-state index >= 15 is 0 Å². The van der Waals surface area contributed by atoms with Gasteiger partial charge in [-0.05, 0) is 37.1 Å². The van der Waals surface area contributed by atoms with Crippen molar-refractivity contribution in [2.45, 2.75) is 20.3 Å². The summed E-state index contributed by atoms with van der Waals surface area (Å²) in [6.45, 7) is 3.93. The minimum atomic E-state index is 0. The molecule has 0 aliphatic heterocycles. The summed E-state index contributed by atoms with van der Waals surface area (Å²) in [6, 6.07) is 5.51. The Hall–Kier alpha value is -0.206. The van der Waals surface area contributed by atoms with Crippen LogP contribution in [0.15, 0.2) is 36.4 Å². The monoisotopic (exact) mass is 307 g/mol. The Morgan fingerprint density at radius 2 is 1.59 bits per heavy atom. The Kier molecular flexibility index (Phi) is 15.9. The summed E-state index contributed by atoms with van der Waals surface area (Å²) in [5.74, 6) is 0.354. The zero-order chi connectivity index (χ0) is 10.4. The first-order valence-electron chi connectivity index (χ1n) is 4.67. The predicted molar refractivity (Wildman–Crippen MR) is 73.6 cm³/mol. The summed E-state index contributed by atoms with van der Waals surface area (Å²) in [5.41, 5.74) is 2.21. The minimum Gasteiger partial charge on any atom is -0.508 e. The van der Waals surface area contributed by atoms with Crippen LogP contribution in [-0.2, 0) is 21.7 Å². The first-order chi connectivity index (χ1) is 6.68. The molecule has 0 spiro atoms. The first kappa shape index (κ1) is 22.0. The molecule has 1 aliphatic rings. The van der Waals surface area contributed by atoms with Crippen molar-refractivity contribution in [2.24, 2.45) is 0 Å². The zero-order valence-electron chi connectivity index (χ0n) is 9.93. The summed E-state index contributed by atoms with van der Waals surface area (Å²) in [5, 5.41) is 8.99. The molecule has 0 fully saturated rings. The van der Waals surface area contributed by atoms with E-state index in [9.17, 15) is 0 Å². The van der Waals surface area contributed by atoms with Gasteiger partial charge < -0.3 is 5.11 Å². The Bertz CT molecular complexity index is 302. The molecule has 17 heavy (non-hydrogen) atoms. The van der Waals surface area contributed by atoms with Crippen LogP contribution in [0.3, 0.4) is 0 Å². The molecule has 1 N–H and O–H groups in total. The average molecular weight is 308 g/mol. The number of benzene rings is 1. The number of rotatable bonds is 0.